The molecule has 0 aliphatic carbocycles. The Morgan fingerprint density at radius 3 is 2.53 bits per heavy atom. The number of carbonyl (C=O) groups excluding carboxylic acids is 1. The molecule has 0 aromatic carbocycles. The second-order valence-corrected chi connectivity index (χ2v) is 5.24. The molecule has 5 heteroatoms. The fourth-order valence-corrected chi connectivity index (χ4v) is 1.57. The lowest BCUT2D eigenvalue weighted by molar-refractivity contribution is -0.156. The van der Waals surface area contributed by atoms with Crippen LogP contribution in [-0.4, -0.2) is 37.1 Å². The monoisotopic (exact) mass is 245 g/mol. The zero-order valence-electron chi connectivity index (χ0n) is 10.9. The second-order valence-electron chi connectivity index (χ2n) is 5.24. The number of hydrogen-bond donors (Lipinski definition) is 1. The molecule has 1 aliphatic rings. The Kier molecular flexibility index (Phi) is 5.36. The van der Waals surface area contributed by atoms with Gasteiger partial charge < -0.3 is 19.9 Å². The van der Waals surface area contributed by atoms with Gasteiger partial charge in [0.25, 0.3) is 0 Å². The average Bonchev–Trinajstić information content (AvgIpc) is 2.67. The third-order valence-electron chi connectivity index (χ3n) is 2.36. The third kappa shape index (κ3) is 6.00. The summed E-state index contributed by atoms with van der Waals surface area (Å²) in [6.07, 6.45) is 2.04. The summed E-state index contributed by atoms with van der Waals surface area (Å²) in [6.45, 7) is 6.80. The highest BCUT2D eigenvalue weighted by Crippen LogP contribution is 2.14. The maximum absolute atomic E-state index is 11.6. The third-order valence-corrected chi connectivity index (χ3v) is 2.36. The van der Waals surface area contributed by atoms with Gasteiger partial charge in [-0.2, -0.15) is 0 Å². The number of rotatable bonds is 5. The molecular formula is C12H23NO4. The molecular weight excluding hydrogens is 222 g/mol. The number of esters is 1. The van der Waals surface area contributed by atoms with E-state index in [0.29, 0.717) is 19.6 Å². The molecule has 1 heterocycles. The second kappa shape index (κ2) is 6.33. The zero-order valence-corrected chi connectivity index (χ0v) is 10.9. The molecule has 0 aromatic heterocycles. The van der Waals surface area contributed by atoms with E-state index in [0.717, 1.165) is 12.8 Å². The van der Waals surface area contributed by atoms with Gasteiger partial charge in [0.1, 0.15) is 11.6 Å². The first kappa shape index (κ1) is 14.4. The Morgan fingerprint density at radius 2 is 2.00 bits per heavy atom. The molecule has 0 bridgehead atoms. The zero-order chi connectivity index (χ0) is 12.9. The molecule has 5 nitrogen and oxygen atoms in total. The minimum atomic E-state index is -0.560. The van der Waals surface area contributed by atoms with Crippen LogP contribution in [0.1, 0.15) is 40.0 Å². The lowest BCUT2D eigenvalue weighted by Gasteiger charge is -2.22. The van der Waals surface area contributed by atoms with Crippen LogP contribution in [-0.2, 0) is 19.0 Å². The summed E-state index contributed by atoms with van der Waals surface area (Å²) in [6, 6.07) is -0.560. The fraction of sp³-hybridized carbons (Fsp3) is 0.917. The Balaban J connectivity index is 2.15. The van der Waals surface area contributed by atoms with Crippen LogP contribution in [0.3, 0.4) is 0 Å². The summed E-state index contributed by atoms with van der Waals surface area (Å²) in [5.41, 5.74) is 5.27. The van der Waals surface area contributed by atoms with E-state index in [9.17, 15) is 4.79 Å². The highest BCUT2D eigenvalue weighted by Gasteiger charge is 2.22. The summed E-state index contributed by atoms with van der Waals surface area (Å²) in [4.78, 5) is 11.6. The van der Waals surface area contributed by atoms with Crippen molar-refractivity contribution < 1.29 is 19.0 Å². The van der Waals surface area contributed by atoms with E-state index in [2.05, 4.69) is 0 Å². The molecule has 0 radical (unpaired) electrons. The van der Waals surface area contributed by atoms with E-state index in [1.54, 1.807) is 0 Å². The average molecular weight is 245 g/mol. The number of ether oxygens (including phenoxy) is 3. The summed E-state index contributed by atoms with van der Waals surface area (Å²) in [7, 11) is 0. The highest BCUT2D eigenvalue weighted by molar-refractivity contribution is 5.75. The van der Waals surface area contributed by atoms with Crippen molar-refractivity contribution in [1.29, 1.82) is 0 Å². The van der Waals surface area contributed by atoms with Crippen molar-refractivity contribution in [3.05, 3.63) is 0 Å². The van der Waals surface area contributed by atoms with Gasteiger partial charge in [0.05, 0.1) is 13.2 Å². The van der Waals surface area contributed by atoms with E-state index < -0.39 is 11.6 Å². The van der Waals surface area contributed by atoms with Crippen molar-refractivity contribution >= 4 is 5.97 Å². The summed E-state index contributed by atoms with van der Waals surface area (Å²) < 4.78 is 15.8. The van der Waals surface area contributed by atoms with Gasteiger partial charge in [-0.15, -0.1) is 0 Å². The SMILES string of the molecule is CC(C)(C)OC(=O)C(N)CCCC1OCCO1. The highest BCUT2D eigenvalue weighted by atomic mass is 16.7. The van der Waals surface area contributed by atoms with Crippen LogP contribution in [0, 0.1) is 0 Å². The van der Waals surface area contributed by atoms with E-state index in [4.69, 9.17) is 19.9 Å². The van der Waals surface area contributed by atoms with Crippen LogP contribution < -0.4 is 5.73 Å². The molecule has 1 rings (SSSR count). The van der Waals surface area contributed by atoms with Crippen LogP contribution in [0.15, 0.2) is 0 Å². The molecule has 0 amide bonds. The van der Waals surface area contributed by atoms with E-state index in [1.165, 1.54) is 0 Å². The van der Waals surface area contributed by atoms with Gasteiger partial charge in [0.2, 0.25) is 0 Å². The first-order valence-corrected chi connectivity index (χ1v) is 6.10. The van der Waals surface area contributed by atoms with Crippen molar-refractivity contribution in [1.82, 2.24) is 0 Å². The first-order valence-electron chi connectivity index (χ1n) is 6.10. The van der Waals surface area contributed by atoms with Crippen molar-refractivity contribution in [3.8, 4) is 0 Å². The van der Waals surface area contributed by atoms with E-state index in [-0.39, 0.29) is 12.3 Å². The smallest absolute Gasteiger partial charge is 0.323 e. The van der Waals surface area contributed by atoms with Gasteiger partial charge in [-0.05, 0) is 40.0 Å². The molecule has 1 saturated heterocycles. The van der Waals surface area contributed by atoms with Crippen LogP contribution in [0.5, 0.6) is 0 Å². The maximum Gasteiger partial charge on any atom is 0.323 e. The molecule has 1 atom stereocenters. The summed E-state index contributed by atoms with van der Waals surface area (Å²) in [5.74, 6) is -0.342. The maximum atomic E-state index is 11.6. The number of hydrogen-bond acceptors (Lipinski definition) is 5. The number of nitrogens with two attached hydrogens (primary N) is 1. The molecule has 0 spiro atoms. The predicted octanol–water partition coefficient (Wildman–Crippen LogP) is 1.20. The largest absolute Gasteiger partial charge is 0.459 e. The van der Waals surface area contributed by atoms with Gasteiger partial charge in [-0.3, -0.25) is 4.79 Å². The molecule has 17 heavy (non-hydrogen) atoms. The van der Waals surface area contributed by atoms with Gasteiger partial charge in [0, 0.05) is 0 Å². The minimum absolute atomic E-state index is 0.124. The Hall–Kier alpha value is -0.650. The van der Waals surface area contributed by atoms with Gasteiger partial charge in [0.15, 0.2) is 6.29 Å². The normalized spacial score (nSPS) is 19.3. The lowest BCUT2D eigenvalue weighted by atomic mass is 10.1. The minimum Gasteiger partial charge on any atom is -0.459 e. The van der Waals surface area contributed by atoms with Gasteiger partial charge in [-0.25, -0.2) is 0 Å². The summed E-state index contributed by atoms with van der Waals surface area (Å²) >= 11 is 0. The van der Waals surface area contributed by atoms with Crippen LogP contribution in [0.25, 0.3) is 0 Å². The van der Waals surface area contributed by atoms with Crippen LogP contribution >= 0.6 is 0 Å². The predicted molar refractivity (Wildman–Crippen MR) is 63.4 cm³/mol. The Bertz CT molecular complexity index is 243. The van der Waals surface area contributed by atoms with Crippen LogP contribution in [0.2, 0.25) is 0 Å². The lowest BCUT2D eigenvalue weighted by Crippen LogP contribution is -2.37. The van der Waals surface area contributed by atoms with E-state index in [1.807, 2.05) is 20.8 Å². The quantitative estimate of drug-likeness (QED) is 0.737. The molecule has 1 aliphatic heterocycles. The molecule has 0 saturated carbocycles. The van der Waals surface area contributed by atoms with Crippen LogP contribution in [0.4, 0.5) is 0 Å². The van der Waals surface area contributed by atoms with Gasteiger partial charge in [-0.1, -0.05) is 0 Å². The van der Waals surface area contributed by atoms with Crippen molar-refractivity contribution in [2.24, 2.45) is 5.73 Å². The number of carbonyl (C=O) groups is 1. The fourth-order valence-electron chi connectivity index (χ4n) is 1.57. The van der Waals surface area contributed by atoms with E-state index >= 15 is 0 Å². The van der Waals surface area contributed by atoms with Crippen molar-refractivity contribution in [3.63, 3.8) is 0 Å². The topological polar surface area (TPSA) is 70.8 Å². The molecule has 1 fully saturated rings. The molecule has 0 aromatic rings. The summed E-state index contributed by atoms with van der Waals surface area (Å²) in [5, 5.41) is 0. The molecule has 1 unspecified atom stereocenters. The molecule has 2 N–H and O–H groups in total. The van der Waals surface area contributed by atoms with Gasteiger partial charge >= 0.3 is 5.97 Å². The Morgan fingerprint density at radius 1 is 1.41 bits per heavy atom. The van der Waals surface area contributed by atoms with Crippen molar-refractivity contribution in [2.75, 3.05) is 13.2 Å². The molecule has 100 valence electrons. The standard InChI is InChI=1S/C12H23NO4/c1-12(2,3)17-11(14)9(13)5-4-6-10-15-7-8-16-10/h9-10H,4-8,13H2,1-3H3. The van der Waals surface area contributed by atoms with Crippen molar-refractivity contribution in [2.45, 2.75) is 58.0 Å². The Labute approximate surface area is 103 Å². The first-order chi connectivity index (χ1) is 7.88.